The van der Waals surface area contributed by atoms with E-state index in [4.69, 9.17) is 15.2 Å². The zero-order chi connectivity index (χ0) is 19.3. The smallest absolute Gasteiger partial charge is 0.261 e. The van der Waals surface area contributed by atoms with Crippen molar-refractivity contribution in [2.24, 2.45) is 0 Å². The first kappa shape index (κ1) is 16.8. The molecule has 8 nitrogen and oxygen atoms in total. The Kier molecular flexibility index (Phi) is 3.69. The number of aryl methyl sites for hydroxylation is 1. The van der Waals surface area contributed by atoms with Gasteiger partial charge >= 0.3 is 0 Å². The molecule has 2 aromatic carbocycles. The van der Waals surface area contributed by atoms with E-state index in [1.54, 1.807) is 19.2 Å². The van der Waals surface area contributed by atoms with Crippen LogP contribution in [0, 0.1) is 6.92 Å². The summed E-state index contributed by atoms with van der Waals surface area (Å²) in [5.41, 5.74) is 8.18. The number of aromatic amines is 1. The summed E-state index contributed by atoms with van der Waals surface area (Å²) in [6, 6.07) is 8.59. The van der Waals surface area contributed by atoms with E-state index in [1.165, 1.54) is 17.9 Å². The Balaban J connectivity index is 2.12. The number of phenols is 1. The zero-order valence-electron chi connectivity index (χ0n) is 15.0. The van der Waals surface area contributed by atoms with Gasteiger partial charge in [0, 0.05) is 18.2 Å². The van der Waals surface area contributed by atoms with Crippen LogP contribution in [0.3, 0.4) is 0 Å². The molecule has 4 rings (SSSR count). The van der Waals surface area contributed by atoms with Crippen molar-refractivity contribution in [2.45, 2.75) is 6.92 Å². The van der Waals surface area contributed by atoms with Crippen molar-refractivity contribution < 1.29 is 14.6 Å². The summed E-state index contributed by atoms with van der Waals surface area (Å²) in [6.45, 7) is 1.91. The van der Waals surface area contributed by atoms with Gasteiger partial charge in [-0.3, -0.25) is 4.79 Å². The largest absolute Gasteiger partial charge is 0.507 e. The molecule has 4 aromatic rings. The number of rotatable bonds is 3. The summed E-state index contributed by atoms with van der Waals surface area (Å²) in [4.78, 5) is 15.4. The number of nitrogens with one attached hydrogen (secondary N) is 1. The molecule has 0 fully saturated rings. The third-order valence-electron chi connectivity index (χ3n) is 4.60. The van der Waals surface area contributed by atoms with Crippen LogP contribution in [0.25, 0.3) is 27.5 Å². The van der Waals surface area contributed by atoms with Gasteiger partial charge in [-0.15, -0.1) is 0 Å². The molecule has 0 aliphatic rings. The minimum Gasteiger partial charge on any atom is -0.507 e. The number of nitrogens with two attached hydrogens (primary N) is 1. The molecule has 27 heavy (non-hydrogen) atoms. The number of hydrogen-bond acceptors (Lipinski definition) is 6. The van der Waals surface area contributed by atoms with Gasteiger partial charge in [-0.05, 0) is 18.6 Å². The fourth-order valence-electron chi connectivity index (χ4n) is 3.21. The lowest BCUT2D eigenvalue weighted by Crippen LogP contribution is -2.09. The van der Waals surface area contributed by atoms with Crippen LogP contribution in [0.15, 0.2) is 35.1 Å². The Bertz CT molecular complexity index is 1260. The van der Waals surface area contributed by atoms with Crippen molar-refractivity contribution in [3.63, 3.8) is 0 Å². The number of nitrogen functional groups attached to an aromatic ring is 1. The first-order valence-electron chi connectivity index (χ1n) is 8.20. The lowest BCUT2D eigenvalue weighted by molar-refractivity contribution is 0.409. The van der Waals surface area contributed by atoms with E-state index in [9.17, 15) is 9.90 Å². The van der Waals surface area contributed by atoms with E-state index < -0.39 is 5.56 Å². The lowest BCUT2D eigenvalue weighted by atomic mass is 10.1. The molecule has 0 radical (unpaired) electrons. The number of ether oxygens (including phenoxy) is 2. The number of pyridine rings is 1. The molecular formula is C19H18N4O4. The molecule has 4 N–H and O–H groups in total. The van der Waals surface area contributed by atoms with Crippen LogP contribution < -0.4 is 20.8 Å². The maximum Gasteiger partial charge on any atom is 0.261 e. The van der Waals surface area contributed by atoms with Crippen molar-refractivity contribution >= 4 is 27.6 Å². The minimum atomic E-state index is -0.394. The maximum absolute atomic E-state index is 12.6. The SMILES string of the molecule is COc1ccc(C)c(-n2nc3c(c2N)c(=O)[nH]c2cc(OC)cc(O)c23)c1. The number of nitrogens with zero attached hydrogens (tertiary/aromatic N) is 2. The van der Waals surface area contributed by atoms with Crippen molar-refractivity contribution in [1.82, 2.24) is 14.8 Å². The van der Waals surface area contributed by atoms with E-state index in [0.29, 0.717) is 33.6 Å². The molecule has 0 unspecified atom stereocenters. The Morgan fingerprint density at radius 3 is 2.56 bits per heavy atom. The number of fused-ring (bicyclic) bond motifs is 3. The number of aromatic nitrogens is 3. The molecule has 0 spiro atoms. The van der Waals surface area contributed by atoms with E-state index >= 15 is 0 Å². The summed E-state index contributed by atoms with van der Waals surface area (Å²) in [5.74, 6) is 1.18. The second-order valence-corrected chi connectivity index (χ2v) is 6.20. The highest BCUT2D eigenvalue weighted by Gasteiger charge is 2.20. The predicted molar refractivity (Wildman–Crippen MR) is 103 cm³/mol. The maximum atomic E-state index is 12.6. The Morgan fingerprint density at radius 2 is 1.85 bits per heavy atom. The van der Waals surface area contributed by atoms with Gasteiger partial charge in [-0.25, -0.2) is 4.68 Å². The number of aromatic hydroxyl groups is 1. The molecule has 0 amide bonds. The number of phenolic OH excluding ortho intramolecular Hbond substituents is 1. The van der Waals surface area contributed by atoms with Gasteiger partial charge in [0.05, 0.1) is 30.8 Å². The fraction of sp³-hybridized carbons (Fsp3) is 0.158. The Morgan fingerprint density at radius 1 is 1.11 bits per heavy atom. The van der Waals surface area contributed by atoms with Crippen LogP contribution in [0.5, 0.6) is 17.2 Å². The van der Waals surface area contributed by atoms with Gasteiger partial charge in [0.15, 0.2) is 0 Å². The molecule has 0 atom stereocenters. The van der Waals surface area contributed by atoms with Crippen LogP contribution in [-0.4, -0.2) is 34.1 Å². The summed E-state index contributed by atoms with van der Waals surface area (Å²) in [6.07, 6.45) is 0. The molecule has 2 aromatic heterocycles. The van der Waals surface area contributed by atoms with E-state index in [-0.39, 0.29) is 17.0 Å². The Hall–Kier alpha value is -3.68. The monoisotopic (exact) mass is 366 g/mol. The van der Waals surface area contributed by atoms with Crippen molar-refractivity contribution in [1.29, 1.82) is 0 Å². The van der Waals surface area contributed by atoms with E-state index in [0.717, 1.165) is 5.56 Å². The van der Waals surface area contributed by atoms with Gasteiger partial charge in [-0.1, -0.05) is 6.07 Å². The summed E-state index contributed by atoms with van der Waals surface area (Å²) in [5, 5.41) is 15.6. The van der Waals surface area contributed by atoms with Crippen molar-refractivity contribution in [2.75, 3.05) is 20.0 Å². The van der Waals surface area contributed by atoms with E-state index in [1.807, 2.05) is 19.1 Å². The number of benzene rings is 2. The third-order valence-corrected chi connectivity index (χ3v) is 4.60. The van der Waals surface area contributed by atoms with Crippen LogP contribution in [0.1, 0.15) is 5.56 Å². The average Bonchev–Trinajstić information content (AvgIpc) is 2.99. The fourth-order valence-corrected chi connectivity index (χ4v) is 3.21. The van der Waals surface area contributed by atoms with Gasteiger partial charge < -0.3 is 25.3 Å². The molecule has 0 saturated carbocycles. The molecule has 0 aliphatic heterocycles. The predicted octanol–water partition coefficient (Wildman–Crippen LogP) is 2.48. The highest BCUT2D eigenvalue weighted by molar-refractivity contribution is 6.09. The van der Waals surface area contributed by atoms with Gasteiger partial charge in [0.2, 0.25) is 0 Å². The van der Waals surface area contributed by atoms with Gasteiger partial charge in [0.1, 0.15) is 34.0 Å². The van der Waals surface area contributed by atoms with Crippen LogP contribution >= 0.6 is 0 Å². The zero-order valence-corrected chi connectivity index (χ0v) is 15.0. The quantitative estimate of drug-likeness (QED) is 0.513. The van der Waals surface area contributed by atoms with Gasteiger partial charge in [-0.2, -0.15) is 5.10 Å². The van der Waals surface area contributed by atoms with Crippen LogP contribution in [-0.2, 0) is 0 Å². The average molecular weight is 366 g/mol. The first-order chi connectivity index (χ1) is 12.9. The number of H-pyrrole nitrogens is 1. The minimum absolute atomic E-state index is 0.0578. The van der Waals surface area contributed by atoms with Crippen molar-refractivity contribution in [3.8, 4) is 22.9 Å². The van der Waals surface area contributed by atoms with Gasteiger partial charge in [0.25, 0.3) is 5.56 Å². The van der Waals surface area contributed by atoms with Crippen LogP contribution in [0.4, 0.5) is 5.82 Å². The van der Waals surface area contributed by atoms with Crippen LogP contribution in [0.2, 0.25) is 0 Å². The standard InChI is InChI=1S/C19H18N4O4/c1-9-4-5-10(26-2)7-13(9)23-18(20)16-17(22-23)15-12(21-19(16)25)6-11(27-3)8-14(15)24/h4-8,24H,20H2,1-3H3,(H,21,25). The second kappa shape index (κ2) is 5.94. The summed E-state index contributed by atoms with van der Waals surface area (Å²) >= 11 is 0. The molecule has 2 heterocycles. The third kappa shape index (κ3) is 2.45. The highest BCUT2D eigenvalue weighted by atomic mass is 16.5. The molecule has 0 aliphatic carbocycles. The molecule has 0 saturated heterocycles. The first-order valence-corrected chi connectivity index (χ1v) is 8.20. The number of hydrogen-bond donors (Lipinski definition) is 3. The summed E-state index contributed by atoms with van der Waals surface area (Å²) in [7, 11) is 3.05. The Labute approximate surface area is 153 Å². The molecule has 138 valence electrons. The normalized spacial score (nSPS) is 11.2. The molecule has 0 bridgehead atoms. The lowest BCUT2D eigenvalue weighted by Gasteiger charge is -2.09. The van der Waals surface area contributed by atoms with Crippen molar-refractivity contribution in [3.05, 3.63) is 46.2 Å². The molecule has 8 heteroatoms. The molecular weight excluding hydrogens is 348 g/mol. The topological polar surface area (TPSA) is 115 Å². The summed E-state index contributed by atoms with van der Waals surface area (Å²) < 4.78 is 11.9. The second-order valence-electron chi connectivity index (χ2n) is 6.20. The van der Waals surface area contributed by atoms with E-state index in [2.05, 4.69) is 10.1 Å². The highest BCUT2D eigenvalue weighted by Crippen LogP contribution is 2.35. The number of anilines is 1. The number of methoxy groups -OCH3 is 2.